The zero-order valence-corrected chi connectivity index (χ0v) is 18.7. The van der Waals surface area contributed by atoms with Crippen LogP contribution in [0.2, 0.25) is 0 Å². The average molecular weight is 435 g/mol. The molecule has 0 radical (unpaired) electrons. The molecule has 1 N–H and O–H groups in total. The second-order valence-electron chi connectivity index (χ2n) is 8.48. The molecule has 32 heavy (non-hydrogen) atoms. The number of aromatic nitrogens is 2. The van der Waals surface area contributed by atoms with E-state index in [9.17, 15) is 9.59 Å². The SMILES string of the molecule is Cc1cccc2c(=O)n(CCC(=O)NCc3cccc(CN4CCOC(C)C4)c3)cnc12. The van der Waals surface area contributed by atoms with E-state index in [-0.39, 0.29) is 24.0 Å². The van der Waals surface area contributed by atoms with Crippen LogP contribution in [0.3, 0.4) is 0 Å². The molecule has 4 rings (SSSR count). The van der Waals surface area contributed by atoms with Crippen molar-refractivity contribution in [3.05, 3.63) is 75.8 Å². The standard InChI is InChI=1S/C25H30N4O3/c1-18-5-3-8-22-24(18)27-17-29(25(22)31)10-9-23(30)26-14-20-6-4-7-21(13-20)16-28-11-12-32-19(2)15-28/h3-8,13,17,19H,9-12,14-16H2,1-2H3,(H,26,30). The summed E-state index contributed by atoms with van der Waals surface area (Å²) in [5.74, 6) is -0.0892. The Hall–Kier alpha value is -3.03. The van der Waals surface area contributed by atoms with E-state index in [1.807, 2.05) is 31.2 Å². The number of para-hydroxylation sites is 1. The minimum Gasteiger partial charge on any atom is -0.376 e. The first-order chi connectivity index (χ1) is 15.5. The van der Waals surface area contributed by atoms with Crippen LogP contribution >= 0.6 is 0 Å². The second-order valence-corrected chi connectivity index (χ2v) is 8.48. The first-order valence-electron chi connectivity index (χ1n) is 11.1. The number of ether oxygens (including phenoxy) is 1. The molecule has 1 aliphatic rings. The van der Waals surface area contributed by atoms with Crippen molar-refractivity contribution in [1.82, 2.24) is 19.8 Å². The predicted molar refractivity (Wildman–Crippen MR) is 124 cm³/mol. The Morgan fingerprint density at radius 3 is 2.88 bits per heavy atom. The van der Waals surface area contributed by atoms with Crippen LogP contribution in [-0.4, -0.2) is 46.2 Å². The maximum Gasteiger partial charge on any atom is 0.261 e. The van der Waals surface area contributed by atoms with E-state index in [0.717, 1.165) is 37.4 Å². The predicted octanol–water partition coefficient (Wildman–Crippen LogP) is 2.63. The zero-order valence-electron chi connectivity index (χ0n) is 18.7. The van der Waals surface area contributed by atoms with Gasteiger partial charge in [-0.15, -0.1) is 0 Å². The first kappa shape index (κ1) is 22.2. The van der Waals surface area contributed by atoms with Crippen LogP contribution in [0, 0.1) is 6.92 Å². The van der Waals surface area contributed by atoms with Gasteiger partial charge >= 0.3 is 0 Å². The summed E-state index contributed by atoms with van der Waals surface area (Å²) in [7, 11) is 0. The Bertz CT molecular complexity index is 1160. The summed E-state index contributed by atoms with van der Waals surface area (Å²) in [6.45, 7) is 8.33. The van der Waals surface area contributed by atoms with Crippen LogP contribution < -0.4 is 10.9 Å². The van der Waals surface area contributed by atoms with Gasteiger partial charge in [-0.3, -0.25) is 19.1 Å². The highest BCUT2D eigenvalue weighted by atomic mass is 16.5. The summed E-state index contributed by atoms with van der Waals surface area (Å²) < 4.78 is 7.11. The molecule has 7 nitrogen and oxygen atoms in total. The number of benzene rings is 2. The number of amides is 1. The van der Waals surface area contributed by atoms with Crippen molar-refractivity contribution in [2.45, 2.75) is 46.0 Å². The molecule has 1 amide bonds. The molecule has 168 valence electrons. The highest BCUT2D eigenvalue weighted by Crippen LogP contribution is 2.13. The Labute approximate surface area is 188 Å². The van der Waals surface area contributed by atoms with Crippen LogP contribution in [0.1, 0.15) is 30.0 Å². The smallest absolute Gasteiger partial charge is 0.261 e. The number of hydrogen-bond acceptors (Lipinski definition) is 5. The van der Waals surface area contributed by atoms with Gasteiger partial charge in [0.2, 0.25) is 5.91 Å². The molecule has 2 aromatic carbocycles. The molecule has 1 aliphatic heterocycles. The lowest BCUT2D eigenvalue weighted by Crippen LogP contribution is -2.40. The topological polar surface area (TPSA) is 76.5 Å². The monoisotopic (exact) mass is 434 g/mol. The highest BCUT2D eigenvalue weighted by molar-refractivity contribution is 5.80. The fourth-order valence-corrected chi connectivity index (χ4v) is 4.14. The van der Waals surface area contributed by atoms with E-state index in [4.69, 9.17) is 4.74 Å². The number of morpholine rings is 1. The van der Waals surface area contributed by atoms with E-state index in [0.29, 0.717) is 24.0 Å². The Balaban J connectivity index is 1.30. The molecule has 0 aliphatic carbocycles. The molecule has 1 fully saturated rings. The largest absolute Gasteiger partial charge is 0.376 e. The molecule has 0 spiro atoms. The summed E-state index contributed by atoms with van der Waals surface area (Å²) >= 11 is 0. The van der Waals surface area contributed by atoms with Gasteiger partial charge in [0.25, 0.3) is 5.56 Å². The van der Waals surface area contributed by atoms with E-state index in [1.165, 1.54) is 16.5 Å². The molecule has 7 heteroatoms. The summed E-state index contributed by atoms with van der Waals surface area (Å²) in [5, 5.41) is 3.55. The lowest BCUT2D eigenvalue weighted by atomic mass is 10.1. The molecule has 0 saturated carbocycles. The molecular weight excluding hydrogens is 404 g/mol. The Morgan fingerprint density at radius 1 is 1.22 bits per heavy atom. The average Bonchev–Trinajstić information content (AvgIpc) is 2.78. The highest BCUT2D eigenvalue weighted by Gasteiger charge is 2.16. The number of rotatable bonds is 7. The number of fused-ring (bicyclic) bond motifs is 1. The van der Waals surface area contributed by atoms with Crippen LogP contribution in [-0.2, 0) is 29.2 Å². The number of carbonyl (C=O) groups is 1. The number of nitrogens with zero attached hydrogens (tertiary/aromatic N) is 3. The van der Waals surface area contributed by atoms with Gasteiger partial charge in [0.15, 0.2) is 0 Å². The minimum atomic E-state index is -0.114. The van der Waals surface area contributed by atoms with Crippen molar-refractivity contribution in [1.29, 1.82) is 0 Å². The normalized spacial score (nSPS) is 16.9. The molecular formula is C25H30N4O3. The van der Waals surface area contributed by atoms with Gasteiger partial charge in [0, 0.05) is 39.1 Å². The molecule has 1 aromatic heterocycles. The molecule has 1 atom stereocenters. The van der Waals surface area contributed by atoms with Crippen molar-refractivity contribution >= 4 is 16.8 Å². The third-order valence-electron chi connectivity index (χ3n) is 5.85. The van der Waals surface area contributed by atoms with Crippen molar-refractivity contribution in [2.75, 3.05) is 19.7 Å². The van der Waals surface area contributed by atoms with Crippen LogP contribution in [0.4, 0.5) is 0 Å². The quantitative estimate of drug-likeness (QED) is 0.619. The maximum atomic E-state index is 12.7. The van der Waals surface area contributed by atoms with E-state index in [2.05, 4.69) is 34.3 Å². The van der Waals surface area contributed by atoms with Crippen LogP contribution in [0.5, 0.6) is 0 Å². The van der Waals surface area contributed by atoms with Crippen molar-refractivity contribution in [3.63, 3.8) is 0 Å². The van der Waals surface area contributed by atoms with Crippen LogP contribution in [0.15, 0.2) is 53.6 Å². The van der Waals surface area contributed by atoms with Gasteiger partial charge in [-0.25, -0.2) is 4.98 Å². The van der Waals surface area contributed by atoms with Gasteiger partial charge in [0.1, 0.15) is 0 Å². The van der Waals surface area contributed by atoms with Crippen LogP contribution in [0.25, 0.3) is 10.9 Å². The number of nitrogens with one attached hydrogen (secondary N) is 1. The van der Waals surface area contributed by atoms with Crippen molar-refractivity contribution in [2.24, 2.45) is 0 Å². The fourth-order valence-electron chi connectivity index (χ4n) is 4.14. The lowest BCUT2D eigenvalue weighted by molar-refractivity contribution is -0.121. The summed E-state index contributed by atoms with van der Waals surface area (Å²) in [5.41, 5.74) is 3.86. The molecule has 1 unspecified atom stereocenters. The molecule has 3 aromatic rings. The van der Waals surface area contributed by atoms with E-state index < -0.39 is 0 Å². The van der Waals surface area contributed by atoms with Gasteiger partial charge < -0.3 is 10.1 Å². The van der Waals surface area contributed by atoms with Gasteiger partial charge in [0.05, 0.1) is 29.9 Å². The minimum absolute atomic E-state index is 0.0892. The van der Waals surface area contributed by atoms with Gasteiger partial charge in [-0.05, 0) is 36.6 Å². The summed E-state index contributed by atoms with van der Waals surface area (Å²) in [6.07, 6.45) is 2.02. The van der Waals surface area contributed by atoms with E-state index in [1.54, 1.807) is 6.07 Å². The van der Waals surface area contributed by atoms with Gasteiger partial charge in [-0.2, -0.15) is 0 Å². The Morgan fingerprint density at radius 2 is 2.03 bits per heavy atom. The second kappa shape index (κ2) is 10.1. The fraction of sp³-hybridized carbons (Fsp3) is 0.400. The summed E-state index contributed by atoms with van der Waals surface area (Å²) in [4.78, 5) is 31.8. The van der Waals surface area contributed by atoms with Crippen molar-refractivity contribution in [3.8, 4) is 0 Å². The third-order valence-corrected chi connectivity index (χ3v) is 5.85. The zero-order chi connectivity index (χ0) is 22.5. The molecule has 1 saturated heterocycles. The number of carbonyl (C=O) groups excluding carboxylic acids is 1. The number of aryl methyl sites for hydroxylation is 2. The van der Waals surface area contributed by atoms with Crippen molar-refractivity contribution < 1.29 is 9.53 Å². The van der Waals surface area contributed by atoms with E-state index >= 15 is 0 Å². The van der Waals surface area contributed by atoms with Gasteiger partial charge in [-0.1, -0.05) is 36.4 Å². The first-order valence-corrected chi connectivity index (χ1v) is 11.1. The lowest BCUT2D eigenvalue weighted by Gasteiger charge is -2.31. The third kappa shape index (κ3) is 5.41. The molecule has 0 bridgehead atoms. The molecule has 2 heterocycles. The maximum absolute atomic E-state index is 12.7. The Kier molecular flexibility index (Phi) is 6.97. The number of hydrogen-bond donors (Lipinski definition) is 1. The summed E-state index contributed by atoms with van der Waals surface area (Å²) in [6, 6.07) is 13.9.